The van der Waals surface area contributed by atoms with E-state index >= 15 is 0 Å². The van der Waals surface area contributed by atoms with Gasteiger partial charge in [-0.25, -0.2) is 0 Å². The van der Waals surface area contributed by atoms with E-state index in [1.54, 1.807) is 6.08 Å². The first-order valence-electron chi connectivity index (χ1n) is 6.67. The van der Waals surface area contributed by atoms with E-state index in [9.17, 15) is 9.90 Å². The fourth-order valence-corrected chi connectivity index (χ4v) is 3.03. The minimum atomic E-state index is -1.14. The average molecular weight is 246 g/mol. The second-order valence-corrected chi connectivity index (χ2v) is 5.14. The molecule has 1 heterocycles. The summed E-state index contributed by atoms with van der Waals surface area (Å²) in [6.45, 7) is 4.16. The molecule has 98 valence electrons. The smallest absolute Gasteiger partial charge is 0.0643 e. The van der Waals surface area contributed by atoms with Gasteiger partial charge in [-0.05, 0) is 44.4 Å². The Morgan fingerprint density at radius 1 is 1.33 bits per heavy atom. The highest BCUT2D eigenvalue weighted by molar-refractivity contribution is 5.83. The molecule has 0 bridgehead atoms. The molecule has 1 aliphatic rings. The third-order valence-corrected chi connectivity index (χ3v) is 3.86. The fourth-order valence-electron chi connectivity index (χ4n) is 3.03. The molecule has 1 aromatic heterocycles. The van der Waals surface area contributed by atoms with Crippen molar-refractivity contribution in [3.63, 3.8) is 0 Å². The van der Waals surface area contributed by atoms with Gasteiger partial charge in [-0.1, -0.05) is 25.3 Å². The number of rotatable bonds is 3. The van der Waals surface area contributed by atoms with Crippen LogP contribution in [0.1, 0.15) is 55.1 Å². The maximum atomic E-state index is 10.5. The molecule has 18 heavy (non-hydrogen) atoms. The van der Waals surface area contributed by atoms with Crippen LogP contribution in [0, 0.1) is 13.8 Å². The average Bonchev–Trinajstić information content (AvgIpc) is 2.63. The standard InChI is InChI=1S/C15H21NO2/c1-11-10-13(8-9-15(17)18)12(2)16(11)14-6-4-3-5-7-14/h8-10,14H,3-7H2,1-2H3,(H,17,18)/p-1/b9-8+. The number of carboxylic acids is 1. The molecule has 0 radical (unpaired) electrons. The first-order valence-corrected chi connectivity index (χ1v) is 6.67. The molecule has 0 N–H and O–H groups in total. The minimum absolute atomic E-state index is 0.587. The summed E-state index contributed by atoms with van der Waals surface area (Å²) in [4.78, 5) is 10.5. The van der Waals surface area contributed by atoms with E-state index in [-0.39, 0.29) is 0 Å². The van der Waals surface area contributed by atoms with Crippen LogP contribution in [0.2, 0.25) is 0 Å². The highest BCUT2D eigenvalue weighted by atomic mass is 16.4. The summed E-state index contributed by atoms with van der Waals surface area (Å²) in [6, 6.07) is 2.65. The number of aliphatic carboxylic acids is 1. The van der Waals surface area contributed by atoms with E-state index in [0.29, 0.717) is 6.04 Å². The first kappa shape index (κ1) is 12.9. The summed E-state index contributed by atoms with van der Waals surface area (Å²) < 4.78 is 2.37. The van der Waals surface area contributed by atoms with Crippen molar-refractivity contribution in [2.24, 2.45) is 0 Å². The third kappa shape index (κ3) is 2.66. The van der Waals surface area contributed by atoms with E-state index in [4.69, 9.17) is 0 Å². The van der Waals surface area contributed by atoms with Gasteiger partial charge in [-0.3, -0.25) is 0 Å². The number of hydrogen-bond acceptors (Lipinski definition) is 2. The predicted octanol–water partition coefficient (Wildman–Crippen LogP) is 2.37. The van der Waals surface area contributed by atoms with Crippen LogP contribution in [-0.2, 0) is 4.79 Å². The molecular weight excluding hydrogens is 226 g/mol. The van der Waals surface area contributed by atoms with Crippen LogP contribution in [-0.4, -0.2) is 10.5 Å². The van der Waals surface area contributed by atoms with Gasteiger partial charge < -0.3 is 14.5 Å². The number of carboxylic acid groups (broad SMARTS) is 1. The first-order chi connectivity index (χ1) is 8.59. The van der Waals surface area contributed by atoms with Crippen molar-refractivity contribution in [2.75, 3.05) is 0 Å². The highest BCUT2D eigenvalue weighted by Gasteiger charge is 2.19. The van der Waals surface area contributed by atoms with E-state index in [1.165, 1.54) is 37.8 Å². The van der Waals surface area contributed by atoms with Crippen LogP contribution in [0.5, 0.6) is 0 Å². The Morgan fingerprint density at radius 3 is 2.61 bits per heavy atom. The Balaban J connectivity index is 2.28. The maximum absolute atomic E-state index is 10.5. The van der Waals surface area contributed by atoms with Crippen molar-refractivity contribution < 1.29 is 9.90 Å². The van der Waals surface area contributed by atoms with E-state index in [2.05, 4.69) is 24.5 Å². The van der Waals surface area contributed by atoms with Crippen LogP contribution in [0.25, 0.3) is 6.08 Å². The number of aryl methyl sites for hydroxylation is 1. The van der Waals surface area contributed by atoms with Crippen LogP contribution in [0.4, 0.5) is 0 Å². The van der Waals surface area contributed by atoms with Gasteiger partial charge in [0.15, 0.2) is 0 Å². The fraction of sp³-hybridized carbons (Fsp3) is 0.533. The zero-order valence-corrected chi connectivity index (χ0v) is 11.1. The zero-order chi connectivity index (χ0) is 13.1. The zero-order valence-electron chi connectivity index (χ0n) is 11.1. The molecule has 2 rings (SSSR count). The summed E-state index contributed by atoms with van der Waals surface area (Å²) in [7, 11) is 0. The normalized spacial score (nSPS) is 17.4. The molecule has 3 nitrogen and oxygen atoms in total. The number of aromatic nitrogens is 1. The Bertz CT molecular complexity index is 465. The molecule has 0 aromatic carbocycles. The topological polar surface area (TPSA) is 45.1 Å². The van der Waals surface area contributed by atoms with Gasteiger partial charge >= 0.3 is 0 Å². The molecule has 1 fully saturated rings. The molecule has 3 heteroatoms. The van der Waals surface area contributed by atoms with Crippen LogP contribution >= 0.6 is 0 Å². The van der Waals surface area contributed by atoms with Gasteiger partial charge in [0, 0.05) is 17.4 Å². The molecule has 0 spiro atoms. The Labute approximate surface area is 108 Å². The molecule has 1 aromatic rings. The van der Waals surface area contributed by atoms with Gasteiger partial charge in [0.05, 0.1) is 5.97 Å². The predicted molar refractivity (Wildman–Crippen MR) is 70.1 cm³/mol. The van der Waals surface area contributed by atoms with Crippen molar-refractivity contribution in [3.05, 3.63) is 29.1 Å². The molecule has 0 saturated heterocycles. The van der Waals surface area contributed by atoms with E-state index in [0.717, 1.165) is 17.3 Å². The summed E-state index contributed by atoms with van der Waals surface area (Å²) in [5.41, 5.74) is 3.37. The van der Waals surface area contributed by atoms with Gasteiger partial charge in [0.25, 0.3) is 0 Å². The molecule has 0 unspecified atom stereocenters. The van der Waals surface area contributed by atoms with Crippen LogP contribution in [0.15, 0.2) is 12.1 Å². The highest BCUT2D eigenvalue weighted by Crippen LogP contribution is 2.32. The van der Waals surface area contributed by atoms with Crippen molar-refractivity contribution in [2.45, 2.75) is 52.0 Å². The van der Waals surface area contributed by atoms with Crippen molar-refractivity contribution in [1.82, 2.24) is 4.57 Å². The molecule has 1 saturated carbocycles. The molecule has 0 atom stereocenters. The number of nitrogens with zero attached hydrogens (tertiary/aromatic N) is 1. The van der Waals surface area contributed by atoms with E-state index in [1.807, 2.05) is 0 Å². The lowest BCUT2D eigenvalue weighted by Crippen LogP contribution is -2.18. The minimum Gasteiger partial charge on any atom is -0.545 e. The third-order valence-electron chi connectivity index (χ3n) is 3.86. The monoisotopic (exact) mass is 246 g/mol. The van der Waals surface area contributed by atoms with Crippen LogP contribution < -0.4 is 5.11 Å². The number of hydrogen-bond donors (Lipinski definition) is 0. The lowest BCUT2D eigenvalue weighted by atomic mass is 9.95. The Hall–Kier alpha value is -1.51. The second-order valence-electron chi connectivity index (χ2n) is 5.14. The maximum Gasteiger partial charge on any atom is 0.0643 e. The quantitative estimate of drug-likeness (QED) is 0.769. The summed E-state index contributed by atoms with van der Waals surface area (Å²) in [5.74, 6) is -1.14. The SMILES string of the molecule is Cc1cc(/C=C/C(=O)[O-])c(C)n1C1CCCCC1. The lowest BCUT2D eigenvalue weighted by molar-refractivity contribution is -0.297. The summed E-state index contributed by atoms with van der Waals surface area (Å²) in [6.07, 6.45) is 9.15. The van der Waals surface area contributed by atoms with Crippen molar-refractivity contribution >= 4 is 12.0 Å². The Morgan fingerprint density at radius 2 is 2.00 bits per heavy atom. The summed E-state index contributed by atoms with van der Waals surface area (Å²) >= 11 is 0. The Kier molecular flexibility index (Phi) is 3.90. The van der Waals surface area contributed by atoms with Crippen molar-refractivity contribution in [1.29, 1.82) is 0 Å². The lowest BCUT2D eigenvalue weighted by Gasteiger charge is -2.26. The molecule has 1 aliphatic carbocycles. The number of carbonyl (C=O) groups is 1. The second kappa shape index (κ2) is 5.42. The van der Waals surface area contributed by atoms with Gasteiger partial charge in [0.2, 0.25) is 0 Å². The van der Waals surface area contributed by atoms with Gasteiger partial charge in [0.1, 0.15) is 0 Å². The molecule has 0 amide bonds. The largest absolute Gasteiger partial charge is 0.545 e. The molecule has 0 aliphatic heterocycles. The van der Waals surface area contributed by atoms with Gasteiger partial charge in [-0.2, -0.15) is 0 Å². The van der Waals surface area contributed by atoms with E-state index < -0.39 is 5.97 Å². The molecular formula is C15H20NO2-. The van der Waals surface area contributed by atoms with Crippen LogP contribution in [0.3, 0.4) is 0 Å². The van der Waals surface area contributed by atoms with Crippen molar-refractivity contribution in [3.8, 4) is 0 Å². The number of carbonyl (C=O) groups excluding carboxylic acids is 1. The van der Waals surface area contributed by atoms with Gasteiger partial charge in [-0.15, -0.1) is 0 Å². The summed E-state index contributed by atoms with van der Waals surface area (Å²) in [5, 5.41) is 10.5.